The summed E-state index contributed by atoms with van der Waals surface area (Å²) in [5.74, 6) is 2.85. The van der Waals surface area contributed by atoms with E-state index in [1.807, 2.05) is 66.7 Å². The number of methoxy groups -OCH3 is 4. The fraction of sp³-hybridized carbons (Fsp3) is 0.269. The summed E-state index contributed by atoms with van der Waals surface area (Å²) in [4.78, 5) is 14.9. The van der Waals surface area contributed by atoms with Gasteiger partial charge in [0.25, 0.3) is 0 Å². The van der Waals surface area contributed by atoms with Crippen LogP contribution >= 0.6 is 0 Å². The van der Waals surface area contributed by atoms with E-state index in [1.165, 1.54) is 0 Å². The Balaban J connectivity index is 1.75. The molecule has 0 aliphatic heterocycles. The van der Waals surface area contributed by atoms with Crippen LogP contribution in [0.4, 0.5) is 10.5 Å². The number of carbonyl (C=O) groups excluding carboxylic acids is 1. The molecule has 0 saturated heterocycles. The summed E-state index contributed by atoms with van der Waals surface area (Å²) in [5.41, 5.74) is 2.75. The molecule has 0 radical (unpaired) electrons. The largest absolute Gasteiger partial charge is 0.497 e. The number of hydrogen-bond donors (Lipinski definition) is 1. The van der Waals surface area contributed by atoms with Gasteiger partial charge >= 0.3 is 6.03 Å². The highest BCUT2D eigenvalue weighted by Crippen LogP contribution is 2.28. The number of carbonyl (C=O) groups is 1. The normalized spacial score (nSPS) is 10.3. The first-order chi connectivity index (χ1) is 16.1. The number of ether oxygens (including phenoxy) is 4. The topological polar surface area (TPSA) is 69.3 Å². The number of urea groups is 1. The van der Waals surface area contributed by atoms with Crippen LogP contribution in [-0.4, -0.2) is 45.9 Å². The molecule has 0 atom stereocenters. The van der Waals surface area contributed by atoms with Crippen LogP contribution in [0.1, 0.15) is 11.1 Å². The second-order valence-corrected chi connectivity index (χ2v) is 7.37. The molecular formula is C26H30N2O5. The Morgan fingerprint density at radius 1 is 0.727 bits per heavy atom. The first-order valence-electron chi connectivity index (χ1n) is 10.6. The standard InChI is InChI=1S/C26H30N2O5/c1-30-22-10-5-20(6-11-22)18-28(26(29)27-21-8-12-23(31-2)13-9-21)16-15-19-7-14-24(32-3)25(17-19)33-4/h5-14,17H,15-16,18H2,1-4H3,(H,27,29). The van der Waals surface area contributed by atoms with Crippen molar-refractivity contribution in [3.05, 3.63) is 77.9 Å². The van der Waals surface area contributed by atoms with E-state index in [1.54, 1.807) is 33.3 Å². The van der Waals surface area contributed by atoms with E-state index >= 15 is 0 Å². The van der Waals surface area contributed by atoms with Crippen LogP contribution in [0, 0.1) is 0 Å². The first kappa shape index (κ1) is 23.8. The predicted molar refractivity (Wildman–Crippen MR) is 129 cm³/mol. The number of nitrogens with zero attached hydrogens (tertiary/aromatic N) is 1. The third kappa shape index (κ3) is 6.55. The fourth-order valence-electron chi connectivity index (χ4n) is 3.38. The van der Waals surface area contributed by atoms with E-state index in [0.29, 0.717) is 36.7 Å². The molecule has 3 aromatic rings. The van der Waals surface area contributed by atoms with Gasteiger partial charge in [-0.05, 0) is 66.1 Å². The molecule has 0 aliphatic carbocycles. The lowest BCUT2D eigenvalue weighted by atomic mass is 10.1. The van der Waals surface area contributed by atoms with Gasteiger partial charge in [-0.2, -0.15) is 0 Å². The van der Waals surface area contributed by atoms with Gasteiger partial charge < -0.3 is 29.2 Å². The van der Waals surface area contributed by atoms with Gasteiger partial charge in [0.15, 0.2) is 11.5 Å². The molecule has 0 bridgehead atoms. The van der Waals surface area contributed by atoms with Crippen LogP contribution in [-0.2, 0) is 13.0 Å². The van der Waals surface area contributed by atoms with Crippen molar-refractivity contribution in [3.63, 3.8) is 0 Å². The van der Waals surface area contributed by atoms with Gasteiger partial charge in [-0.3, -0.25) is 0 Å². The van der Waals surface area contributed by atoms with E-state index in [2.05, 4.69) is 5.32 Å². The molecule has 0 spiro atoms. The minimum atomic E-state index is -0.184. The number of hydrogen-bond acceptors (Lipinski definition) is 5. The van der Waals surface area contributed by atoms with E-state index < -0.39 is 0 Å². The predicted octanol–water partition coefficient (Wildman–Crippen LogP) is 5.00. The lowest BCUT2D eigenvalue weighted by Crippen LogP contribution is -2.36. The zero-order valence-corrected chi connectivity index (χ0v) is 19.5. The van der Waals surface area contributed by atoms with Crippen molar-refractivity contribution in [2.75, 3.05) is 40.3 Å². The van der Waals surface area contributed by atoms with Crippen molar-refractivity contribution >= 4 is 11.7 Å². The van der Waals surface area contributed by atoms with E-state index in [0.717, 1.165) is 22.6 Å². The Bertz CT molecular complexity index is 1040. The first-order valence-corrected chi connectivity index (χ1v) is 10.6. The van der Waals surface area contributed by atoms with Gasteiger partial charge in [-0.15, -0.1) is 0 Å². The third-order valence-electron chi connectivity index (χ3n) is 5.28. The summed E-state index contributed by atoms with van der Waals surface area (Å²) in [7, 11) is 6.46. The number of nitrogens with one attached hydrogen (secondary N) is 1. The Morgan fingerprint density at radius 3 is 1.88 bits per heavy atom. The third-order valence-corrected chi connectivity index (χ3v) is 5.28. The summed E-state index contributed by atoms with van der Waals surface area (Å²) in [6.45, 7) is 0.975. The van der Waals surface area contributed by atoms with E-state index in [-0.39, 0.29) is 6.03 Å². The Kier molecular flexibility index (Phi) is 8.41. The second-order valence-electron chi connectivity index (χ2n) is 7.37. The van der Waals surface area contributed by atoms with Crippen LogP contribution in [0.25, 0.3) is 0 Å². The molecular weight excluding hydrogens is 420 g/mol. The number of benzene rings is 3. The summed E-state index contributed by atoms with van der Waals surface area (Å²) in [5, 5.41) is 2.98. The molecule has 33 heavy (non-hydrogen) atoms. The smallest absolute Gasteiger partial charge is 0.322 e. The molecule has 0 aliphatic rings. The maximum absolute atomic E-state index is 13.2. The van der Waals surface area contributed by atoms with Crippen molar-refractivity contribution < 1.29 is 23.7 Å². The molecule has 0 fully saturated rings. The maximum atomic E-state index is 13.2. The minimum absolute atomic E-state index is 0.184. The van der Waals surface area contributed by atoms with E-state index in [9.17, 15) is 4.79 Å². The monoisotopic (exact) mass is 450 g/mol. The number of rotatable bonds is 10. The van der Waals surface area contributed by atoms with Crippen LogP contribution in [0.3, 0.4) is 0 Å². The molecule has 2 amide bonds. The molecule has 0 saturated carbocycles. The van der Waals surface area contributed by atoms with Crippen LogP contribution in [0.5, 0.6) is 23.0 Å². The lowest BCUT2D eigenvalue weighted by molar-refractivity contribution is 0.209. The van der Waals surface area contributed by atoms with E-state index in [4.69, 9.17) is 18.9 Å². The fourth-order valence-corrected chi connectivity index (χ4v) is 3.38. The van der Waals surface area contributed by atoms with Crippen LogP contribution < -0.4 is 24.3 Å². The summed E-state index contributed by atoms with van der Waals surface area (Å²) >= 11 is 0. The molecule has 0 heterocycles. The van der Waals surface area contributed by atoms with Crippen molar-refractivity contribution in [1.29, 1.82) is 0 Å². The quantitative estimate of drug-likeness (QED) is 0.471. The number of anilines is 1. The Morgan fingerprint density at radius 2 is 1.30 bits per heavy atom. The lowest BCUT2D eigenvalue weighted by Gasteiger charge is -2.24. The van der Waals surface area contributed by atoms with Gasteiger partial charge in [-0.1, -0.05) is 18.2 Å². The molecule has 7 heteroatoms. The highest BCUT2D eigenvalue weighted by Gasteiger charge is 2.15. The summed E-state index contributed by atoms with van der Waals surface area (Å²) in [6, 6.07) is 20.6. The van der Waals surface area contributed by atoms with Gasteiger partial charge in [0, 0.05) is 18.8 Å². The molecule has 0 aromatic heterocycles. The molecule has 0 unspecified atom stereocenters. The van der Waals surface area contributed by atoms with Crippen LogP contribution in [0.15, 0.2) is 66.7 Å². The summed E-state index contributed by atoms with van der Waals surface area (Å²) in [6.07, 6.45) is 0.659. The maximum Gasteiger partial charge on any atom is 0.322 e. The van der Waals surface area contributed by atoms with Gasteiger partial charge in [0.2, 0.25) is 0 Å². The van der Waals surface area contributed by atoms with Gasteiger partial charge in [0.05, 0.1) is 28.4 Å². The zero-order valence-electron chi connectivity index (χ0n) is 19.5. The molecule has 1 N–H and O–H groups in total. The van der Waals surface area contributed by atoms with Crippen LogP contribution in [0.2, 0.25) is 0 Å². The average molecular weight is 451 g/mol. The Hall–Kier alpha value is -3.87. The molecule has 3 rings (SSSR count). The summed E-state index contributed by atoms with van der Waals surface area (Å²) < 4.78 is 21.2. The van der Waals surface area contributed by atoms with Crippen molar-refractivity contribution in [2.45, 2.75) is 13.0 Å². The van der Waals surface area contributed by atoms with Crippen molar-refractivity contribution in [1.82, 2.24) is 4.90 Å². The Labute approximate surface area is 194 Å². The highest BCUT2D eigenvalue weighted by atomic mass is 16.5. The highest BCUT2D eigenvalue weighted by molar-refractivity contribution is 5.89. The number of amides is 2. The molecule has 174 valence electrons. The minimum Gasteiger partial charge on any atom is -0.497 e. The molecule has 3 aromatic carbocycles. The van der Waals surface area contributed by atoms with Gasteiger partial charge in [0.1, 0.15) is 11.5 Å². The van der Waals surface area contributed by atoms with Crippen molar-refractivity contribution in [3.8, 4) is 23.0 Å². The average Bonchev–Trinajstić information content (AvgIpc) is 2.87. The SMILES string of the molecule is COc1ccc(CN(CCc2ccc(OC)c(OC)c2)C(=O)Nc2ccc(OC)cc2)cc1. The second kappa shape index (κ2) is 11.7. The zero-order chi connectivity index (χ0) is 23.6. The van der Waals surface area contributed by atoms with Gasteiger partial charge in [-0.25, -0.2) is 4.79 Å². The van der Waals surface area contributed by atoms with Crippen molar-refractivity contribution in [2.24, 2.45) is 0 Å². The molecule has 7 nitrogen and oxygen atoms in total.